The lowest BCUT2D eigenvalue weighted by Gasteiger charge is -2.29. The van der Waals surface area contributed by atoms with Gasteiger partial charge >= 0.3 is 12.4 Å². The van der Waals surface area contributed by atoms with Crippen LogP contribution in [0.4, 0.5) is 49.1 Å². The predicted molar refractivity (Wildman–Crippen MR) is 247 cm³/mol. The fraction of sp³-hybridized carbons (Fsp3) is 0.271. The van der Waals surface area contributed by atoms with Crippen LogP contribution in [0.25, 0.3) is 32.9 Å². The second-order valence-electron chi connectivity index (χ2n) is 15.5. The number of methoxy groups -OCH3 is 3. The Labute approximate surface area is 386 Å². The molecule has 4 aromatic carbocycles. The number of aliphatic hydroxyl groups is 2. The Morgan fingerprint density at radius 1 is 0.662 bits per heavy atom. The molecule has 7 aromatic rings. The summed E-state index contributed by atoms with van der Waals surface area (Å²) in [4.78, 5) is 15.7. The van der Waals surface area contributed by atoms with Gasteiger partial charge in [-0.25, -0.2) is 0 Å². The third-order valence-corrected chi connectivity index (χ3v) is 10.9. The van der Waals surface area contributed by atoms with Crippen molar-refractivity contribution in [2.75, 3.05) is 57.9 Å². The van der Waals surface area contributed by atoms with Gasteiger partial charge in [-0.3, -0.25) is 19.6 Å². The summed E-state index contributed by atoms with van der Waals surface area (Å²) >= 11 is 0. The molecule has 0 aliphatic heterocycles. The number of nitrogens with zero attached hydrogens (tertiary/aromatic N) is 7. The Bertz CT molecular complexity index is 2890. The molecule has 0 radical (unpaired) electrons. The lowest BCUT2D eigenvalue weighted by atomic mass is 10.0. The Hall–Kier alpha value is -7.45. The molecular weight excluding hydrogens is 899 g/mol. The highest BCUT2D eigenvalue weighted by Gasteiger charge is 2.41. The third kappa shape index (κ3) is 11.4. The summed E-state index contributed by atoms with van der Waals surface area (Å²) in [6.45, 7) is -1.39. The number of fused-ring (bicyclic) bond motifs is 2. The Kier molecular flexibility index (Phi) is 14.7. The summed E-state index contributed by atoms with van der Waals surface area (Å²) in [6, 6.07) is 22.7. The number of hydrogen-bond acceptors (Lipinski definition) is 13. The van der Waals surface area contributed by atoms with Crippen LogP contribution in [-0.4, -0.2) is 115 Å². The minimum Gasteiger partial charge on any atom is -0.497 e. The fourth-order valence-electron chi connectivity index (χ4n) is 7.34. The largest absolute Gasteiger partial charge is 0.497 e. The zero-order valence-corrected chi connectivity index (χ0v) is 37.0. The number of aliphatic hydroxyl groups excluding tert-OH is 2. The number of aromatic nitrogens is 4. The molecule has 3 heterocycles. The van der Waals surface area contributed by atoms with Crippen LogP contribution in [-0.2, 0) is 6.54 Å². The Morgan fingerprint density at radius 2 is 1.18 bits per heavy atom. The van der Waals surface area contributed by atoms with Crippen molar-refractivity contribution in [3.63, 3.8) is 0 Å². The monoisotopic (exact) mass is 944 g/mol. The average Bonchev–Trinajstić information content (AvgIpc) is 3.81. The first-order chi connectivity index (χ1) is 32.5. The summed E-state index contributed by atoms with van der Waals surface area (Å²) in [7, 11) is 5.82. The normalized spacial score (nSPS) is 13.4. The molecule has 0 spiro atoms. The van der Waals surface area contributed by atoms with E-state index in [0.29, 0.717) is 61.4 Å². The van der Waals surface area contributed by atoms with Crippen molar-refractivity contribution >= 4 is 57.0 Å². The van der Waals surface area contributed by atoms with Crippen molar-refractivity contribution in [1.29, 1.82) is 5.41 Å². The molecular formula is C48H46F6N8O6. The second kappa shape index (κ2) is 20.6. The molecule has 356 valence electrons. The maximum absolute atomic E-state index is 13.9. The molecule has 3 aromatic heterocycles. The van der Waals surface area contributed by atoms with Crippen LogP contribution in [0.5, 0.6) is 23.0 Å². The highest BCUT2D eigenvalue weighted by atomic mass is 19.4. The van der Waals surface area contributed by atoms with E-state index < -0.39 is 43.6 Å². The zero-order chi connectivity index (χ0) is 48.8. The molecule has 20 heteroatoms. The van der Waals surface area contributed by atoms with Gasteiger partial charge in [0, 0.05) is 119 Å². The molecule has 0 bridgehead atoms. The quantitative estimate of drug-likeness (QED) is 0.0523. The van der Waals surface area contributed by atoms with Gasteiger partial charge in [0.2, 0.25) is 0 Å². The molecule has 0 aliphatic rings. The summed E-state index contributed by atoms with van der Waals surface area (Å²) in [6.07, 6.45) is -5.82. The number of pyridine rings is 2. The molecule has 0 aliphatic carbocycles. The van der Waals surface area contributed by atoms with Crippen molar-refractivity contribution in [3.05, 3.63) is 115 Å². The first-order valence-corrected chi connectivity index (χ1v) is 20.8. The van der Waals surface area contributed by atoms with E-state index >= 15 is 0 Å². The third-order valence-electron chi connectivity index (χ3n) is 10.9. The molecule has 0 saturated heterocycles. The van der Waals surface area contributed by atoms with Gasteiger partial charge in [-0.2, -0.15) is 31.4 Å². The summed E-state index contributed by atoms with van der Waals surface area (Å²) in [5, 5.41) is 33.9. The van der Waals surface area contributed by atoms with E-state index in [4.69, 9.17) is 24.4 Å². The first kappa shape index (κ1) is 48.5. The fourth-order valence-corrected chi connectivity index (χ4v) is 7.34. The minimum atomic E-state index is -4.93. The summed E-state index contributed by atoms with van der Waals surface area (Å²) < 4.78 is 107. The van der Waals surface area contributed by atoms with Crippen molar-refractivity contribution in [2.45, 2.75) is 37.0 Å². The number of ether oxygens (including phenoxy) is 4. The van der Waals surface area contributed by atoms with E-state index in [1.807, 2.05) is 6.07 Å². The molecule has 0 fully saturated rings. The average molecular weight is 945 g/mol. The smallest absolute Gasteiger partial charge is 0.416 e. The lowest BCUT2D eigenvalue weighted by molar-refractivity contribution is -0.200. The van der Waals surface area contributed by atoms with E-state index in [1.54, 1.807) is 97.3 Å². The van der Waals surface area contributed by atoms with Gasteiger partial charge in [-0.05, 0) is 54.1 Å². The maximum atomic E-state index is 13.9. The van der Waals surface area contributed by atoms with Crippen LogP contribution in [0, 0.1) is 5.41 Å². The van der Waals surface area contributed by atoms with E-state index in [2.05, 4.69) is 20.1 Å². The summed E-state index contributed by atoms with van der Waals surface area (Å²) in [5.41, 5.74) is 4.26. The van der Waals surface area contributed by atoms with Crippen LogP contribution in [0.2, 0.25) is 0 Å². The van der Waals surface area contributed by atoms with Gasteiger partial charge in [-0.15, -0.1) is 0 Å². The van der Waals surface area contributed by atoms with Crippen molar-refractivity contribution in [2.24, 2.45) is 4.99 Å². The SMILES string of the molecule is CN=CC(C=N)c1cnc2ccc(N(CC(O)C(F)(F)F)c3cc(OC)cc(OCCn4cc(-c5cnc6ccc(N(CC(O)C(F)(F)F)c7cc(OC)cc(OC)c7)cc6c5)cn4)c3)cc2c1. The number of aliphatic imine (C=N–C) groups is 1. The number of nitrogens with one attached hydrogen (secondary N) is 1. The van der Waals surface area contributed by atoms with Gasteiger partial charge in [-0.1, -0.05) is 0 Å². The second-order valence-corrected chi connectivity index (χ2v) is 15.5. The lowest BCUT2D eigenvalue weighted by Crippen LogP contribution is -2.39. The topological polar surface area (TPSA) is 164 Å². The van der Waals surface area contributed by atoms with Crippen LogP contribution in [0.1, 0.15) is 11.5 Å². The molecule has 3 atom stereocenters. The maximum Gasteiger partial charge on any atom is 0.416 e. The number of halogens is 6. The molecule has 68 heavy (non-hydrogen) atoms. The molecule has 0 saturated carbocycles. The predicted octanol–water partition coefficient (Wildman–Crippen LogP) is 9.31. The first-order valence-electron chi connectivity index (χ1n) is 20.8. The van der Waals surface area contributed by atoms with Crippen molar-refractivity contribution in [1.82, 2.24) is 19.7 Å². The van der Waals surface area contributed by atoms with Gasteiger partial charge in [0.05, 0.1) is 64.1 Å². The molecule has 3 unspecified atom stereocenters. The van der Waals surface area contributed by atoms with Crippen molar-refractivity contribution < 1.29 is 55.5 Å². The Morgan fingerprint density at radius 3 is 1.69 bits per heavy atom. The standard InChI is InChI=1S/C48H46F6N8O6/c1-56-22-33(21-55)31-11-29-13-36(6-7-43(29)57-23-31)62(28-46(64)48(52,53)54)38-17-41(67-4)20-42(18-38)68-10-9-60-26-34(25-59-60)32-12-30-14-35(5-8-44(30)58-24-32)61(27-45(63)47(49,50)51)37-15-39(65-2)19-40(16-37)66-3/h5-8,11-26,33,45-46,55,63-64H,9-10,27-28H2,1-4H3. The minimum absolute atomic E-state index is 0.0621. The van der Waals surface area contributed by atoms with Crippen LogP contribution < -0.4 is 28.7 Å². The Balaban J connectivity index is 1.12. The molecule has 7 rings (SSSR count). The van der Waals surface area contributed by atoms with Gasteiger partial charge in [0.15, 0.2) is 12.2 Å². The van der Waals surface area contributed by atoms with Crippen LogP contribution in [0.3, 0.4) is 0 Å². The highest BCUT2D eigenvalue weighted by Crippen LogP contribution is 2.38. The highest BCUT2D eigenvalue weighted by molar-refractivity contribution is 5.92. The number of rotatable bonds is 19. The molecule has 14 nitrogen and oxygen atoms in total. The van der Waals surface area contributed by atoms with E-state index in [9.17, 15) is 36.6 Å². The molecule has 3 N–H and O–H groups in total. The molecule has 0 amide bonds. The number of alkyl halides is 6. The summed E-state index contributed by atoms with van der Waals surface area (Å²) in [5.74, 6) is 0.741. The number of hydrogen-bond donors (Lipinski definition) is 3. The van der Waals surface area contributed by atoms with Gasteiger partial charge in [0.1, 0.15) is 29.6 Å². The van der Waals surface area contributed by atoms with Crippen LogP contribution >= 0.6 is 0 Å². The van der Waals surface area contributed by atoms with Crippen LogP contribution in [0.15, 0.2) is 115 Å². The van der Waals surface area contributed by atoms with E-state index in [-0.39, 0.29) is 36.0 Å². The number of benzene rings is 4. The van der Waals surface area contributed by atoms with Gasteiger partial charge < -0.3 is 44.4 Å². The zero-order valence-electron chi connectivity index (χ0n) is 37.0. The van der Waals surface area contributed by atoms with E-state index in [1.165, 1.54) is 61.6 Å². The van der Waals surface area contributed by atoms with Gasteiger partial charge in [0.25, 0.3) is 0 Å². The van der Waals surface area contributed by atoms with E-state index in [0.717, 1.165) is 0 Å². The van der Waals surface area contributed by atoms with Crippen molar-refractivity contribution in [3.8, 4) is 34.1 Å². The number of anilines is 4.